The van der Waals surface area contributed by atoms with Crippen molar-refractivity contribution in [3.8, 4) is 0 Å². The zero-order valence-corrected chi connectivity index (χ0v) is 16.8. The minimum Gasteiger partial charge on any atom is -0.338 e. The van der Waals surface area contributed by atoms with Crippen LogP contribution in [0.15, 0.2) is 42.0 Å². The van der Waals surface area contributed by atoms with Gasteiger partial charge in [-0.05, 0) is 49.7 Å². The van der Waals surface area contributed by atoms with Gasteiger partial charge in [0, 0.05) is 34.3 Å². The quantitative estimate of drug-likeness (QED) is 0.570. The second-order valence-electron chi connectivity index (χ2n) is 7.95. The van der Waals surface area contributed by atoms with Crippen LogP contribution in [-0.4, -0.2) is 28.5 Å². The lowest BCUT2D eigenvalue weighted by atomic mass is 9.63. The molecular weight excluding hydrogens is 399 g/mol. The third-order valence-corrected chi connectivity index (χ3v) is 7.13. The number of likely N-dealkylation sites (tertiary alicyclic amines) is 1. The molecular formula is C21H22Cl2N2O3. The fraction of sp³-hybridized carbons (Fsp3) is 0.429. The van der Waals surface area contributed by atoms with Crippen molar-refractivity contribution in [1.82, 2.24) is 10.4 Å². The molecule has 2 fully saturated rings. The SMILES string of the molecule is O=C(NO)C1=CC2CC[C@]3(CCN(Cc4c(Cl)cccc4Cl)C3=O)CC2C=C1. The van der Waals surface area contributed by atoms with Crippen molar-refractivity contribution in [1.29, 1.82) is 0 Å². The molecule has 5 nitrogen and oxygen atoms in total. The third kappa shape index (κ3) is 3.36. The van der Waals surface area contributed by atoms with Crippen LogP contribution in [0, 0.1) is 17.3 Å². The molecule has 3 aliphatic rings. The van der Waals surface area contributed by atoms with Gasteiger partial charge in [-0.2, -0.15) is 0 Å². The van der Waals surface area contributed by atoms with Crippen molar-refractivity contribution in [2.24, 2.45) is 17.3 Å². The van der Waals surface area contributed by atoms with E-state index in [0.717, 1.165) is 31.2 Å². The highest BCUT2D eigenvalue weighted by atomic mass is 35.5. The maximum atomic E-state index is 13.3. The highest BCUT2D eigenvalue weighted by molar-refractivity contribution is 6.36. The van der Waals surface area contributed by atoms with E-state index in [0.29, 0.717) is 28.7 Å². The van der Waals surface area contributed by atoms with Crippen LogP contribution in [0.1, 0.15) is 31.2 Å². The van der Waals surface area contributed by atoms with Gasteiger partial charge in [0.25, 0.3) is 5.91 Å². The standard InChI is InChI=1S/C21H22Cl2N2O3/c22-17-2-1-3-18(23)16(17)12-25-9-8-21(20(25)27)7-6-13-10-14(19(26)24-28)4-5-15(13)11-21/h1-5,10,13,15,28H,6-9,11-12H2,(H,24,26)/t13?,15?,21-/m0/s1. The number of benzene rings is 1. The summed E-state index contributed by atoms with van der Waals surface area (Å²) in [6.45, 7) is 1.14. The minimum absolute atomic E-state index is 0.179. The summed E-state index contributed by atoms with van der Waals surface area (Å²) in [5.74, 6) is 0.146. The highest BCUT2D eigenvalue weighted by Gasteiger charge is 2.50. The van der Waals surface area contributed by atoms with Gasteiger partial charge in [0.05, 0.1) is 5.41 Å². The molecule has 0 radical (unpaired) electrons. The van der Waals surface area contributed by atoms with Gasteiger partial charge in [0.15, 0.2) is 0 Å². The normalized spacial score (nSPS) is 29.0. The number of carbonyl (C=O) groups is 2. The lowest BCUT2D eigenvalue weighted by Gasteiger charge is -2.40. The molecule has 4 rings (SSSR count). The van der Waals surface area contributed by atoms with Crippen LogP contribution in [-0.2, 0) is 16.1 Å². The number of nitrogens with zero attached hydrogens (tertiary/aromatic N) is 1. The molecule has 2 unspecified atom stereocenters. The van der Waals surface area contributed by atoms with Crippen LogP contribution in [0.4, 0.5) is 0 Å². The van der Waals surface area contributed by atoms with E-state index in [1.165, 1.54) is 0 Å². The van der Waals surface area contributed by atoms with Gasteiger partial charge >= 0.3 is 0 Å². The van der Waals surface area contributed by atoms with Gasteiger partial charge in [-0.1, -0.05) is 47.5 Å². The van der Waals surface area contributed by atoms with E-state index in [4.69, 9.17) is 28.4 Å². The van der Waals surface area contributed by atoms with Crippen molar-refractivity contribution < 1.29 is 14.8 Å². The van der Waals surface area contributed by atoms with Gasteiger partial charge in [0.1, 0.15) is 0 Å². The van der Waals surface area contributed by atoms with E-state index in [9.17, 15) is 9.59 Å². The molecule has 1 saturated carbocycles. The number of allylic oxidation sites excluding steroid dienone is 2. The smallest absolute Gasteiger partial charge is 0.274 e. The third-order valence-electron chi connectivity index (χ3n) is 6.42. The summed E-state index contributed by atoms with van der Waals surface area (Å²) >= 11 is 12.6. The summed E-state index contributed by atoms with van der Waals surface area (Å²) in [5, 5.41) is 10.00. The van der Waals surface area contributed by atoms with E-state index >= 15 is 0 Å². The summed E-state index contributed by atoms with van der Waals surface area (Å²) in [6, 6.07) is 5.39. The van der Waals surface area contributed by atoms with E-state index < -0.39 is 5.91 Å². The fourth-order valence-corrected chi connectivity index (χ4v) is 5.36. The predicted molar refractivity (Wildman–Crippen MR) is 107 cm³/mol. The van der Waals surface area contributed by atoms with Crippen LogP contribution in [0.2, 0.25) is 10.0 Å². The van der Waals surface area contributed by atoms with Gasteiger partial charge in [-0.25, -0.2) is 5.48 Å². The predicted octanol–water partition coefficient (Wildman–Crippen LogP) is 4.13. The highest BCUT2D eigenvalue weighted by Crippen LogP contribution is 2.51. The zero-order valence-electron chi connectivity index (χ0n) is 15.3. The first-order valence-electron chi connectivity index (χ1n) is 9.50. The Kier molecular flexibility index (Phi) is 5.25. The Hall–Kier alpha value is -1.82. The van der Waals surface area contributed by atoms with Crippen molar-refractivity contribution in [3.05, 3.63) is 57.6 Å². The molecule has 2 aliphatic carbocycles. The van der Waals surface area contributed by atoms with Crippen molar-refractivity contribution >= 4 is 35.0 Å². The average molecular weight is 421 g/mol. The van der Waals surface area contributed by atoms with E-state index in [2.05, 4.69) is 0 Å². The Morgan fingerprint density at radius 3 is 2.71 bits per heavy atom. The number of nitrogens with one attached hydrogen (secondary N) is 1. The first-order chi connectivity index (χ1) is 13.4. The summed E-state index contributed by atoms with van der Waals surface area (Å²) < 4.78 is 0. The van der Waals surface area contributed by atoms with Gasteiger partial charge < -0.3 is 4.90 Å². The Balaban J connectivity index is 1.48. The van der Waals surface area contributed by atoms with Crippen LogP contribution >= 0.6 is 23.2 Å². The number of carbonyl (C=O) groups excluding carboxylic acids is 2. The molecule has 2 amide bonds. The molecule has 1 heterocycles. The number of hydrogen-bond donors (Lipinski definition) is 2. The Morgan fingerprint density at radius 1 is 1.25 bits per heavy atom. The number of amides is 2. The molecule has 7 heteroatoms. The molecule has 1 aromatic rings. The number of hydrogen-bond acceptors (Lipinski definition) is 3. The molecule has 3 atom stereocenters. The summed E-state index contributed by atoms with van der Waals surface area (Å²) in [4.78, 5) is 26.8. The van der Waals surface area contributed by atoms with Crippen molar-refractivity contribution in [2.45, 2.75) is 32.2 Å². The zero-order chi connectivity index (χ0) is 19.9. The molecule has 1 aliphatic heterocycles. The monoisotopic (exact) mass is 420 g/mol. The topological polar surface area (TPSA) is 69.6 Å². The van der Waals surface area contributed by atoms with Crippen LogP contribution in [0.3, 0.4) is 0 Å². The molecule has 1 aromatic carbocycles. The maximum Gasteiger partial charge on any atom is 0.274 e. The second kappa shape index (κ2) is 7.54. The molecule has 148 valence electrons. The molecule has 0 aromatic heterocycles. The summed E-state index contributed by atoms with van der Waals surface area (Å²) in [7, 11) is 0. The molecule has 1 saturated heterocycles. The lowest BCUT2D eigenvalue weighted by molar-refractivity contribution is -0.139. The first kappa shape index (κ1) is 19.5. The first-order valence-corrected chi connectivity index (χ1v) is 10.3. The molecule has 2 N–H and O–H groups in total. The van der Waals surface area contributed by atoms with Crippen LogP contribution < -0.4 is 5.48 Å². The summed E-state index contributed by atoms with van der Waals surface area (Å²) in [6.07, 6.45) is 8.94. The number of hydroxylamine groups is 1. The van der Waals surface area contributed by atoms with Crippen LogP contribution in [0.25, 0.3) is 0 Å². The Morgan fingerprint density at radius 2 is 2.00 bits per heavy atom. The lowest BCUT2D eigenvalue weighted by Crippen LogP contribution is -2.40. The van der Waals surface area contributed by atoms with Gasteiger partial charge in [-0.3, -0.25) is 14.8 Å². The van der Waals surface area contributed by atoms with Crippen molar-refractivity contribution in [2.75, 3.05) is 6.54 Å². The van der Waals surface area contributed by atoms with E-state index in [-0.39, 0.29) is 23.2 Å². The Bertz CT molecular complexity index is 862. The molecule has 1 spiro atoms. The average Bonchev–Trinajstić information content (AvgIpc) is 2.99. The van der Waals surface area contributed by atoms with E-state index in [1.807, 2.05) is 17.1 Å². The summed E-state index contributed by atoms with van der Waals surface area (Å²) in [5.41, 5.74) is 2.62. The second-order valence-corrected chi connectivity index (χ2v) is 8.76. The molecule has 28 heavy (non-hydrogen) atoms. The van der Waals surface area contributed by atoms with Gasteiger partial charge in [-0.15, -0.1) is 0 Å². The number of halogens is 2. The fourth-order valence-electron chi connectivity index (χ4n) is 4.85. The minimum atomic E-state index is -0.491. The molecule has 0 bridgehead atoms. The van der Waals surface area contributed by atoms with Gasteiger partial charge in [0.2, 0.25) is 5.91 Å². The van der Waals surface area contributed by atoms with Crippen LogP contribution in [0.5, 0.6) is 0 Å². The number of rotatable bonds is 3. The number of fused-ring (bicyclic) bond motifs is 1. The van der Waals surface area contributed by atoms with Crippen molar-refractivity contribution in [3.63, 3.8) is 0 Å². The Labute approximate surface area is 173 Å². The maximum absolute atomic E-state index is 13.3. The largest absolute Gasteiger partial charge is 0.338 e. The van der Waals surface area contributed by atoms with E-state index in [1.54, 1.807) is 29.8 Å².